The summed E-state index contributed by atoms with van der Waals surface area (Å²) < 4.78 is 15.6. The summed E-state index contributed by atoms with van der Waals surface area (Å²) in [5, 5.41) is 7.34. The van der Waals surface area contributed by atoms with E-state index in [0.29, 0.717) is 41.7 Å². The number of rotatable bonds is 7. The number of carbonyl (C=O) groups excluding carboxylic acids is 1. The molecule has 0 spiro atoms. The second-order valence-corrected chi connectivity index (χ2v) is 8.20. The monoisotopic (exact) mass is 497 g/mol. The zero-order valence-corrected chi connectivity index (χ0v) is 19.9. The molecule has 8 nitrogen and oxygen atoms in total. The molecule has 2 aromatic heterocycles. The van der Waals surface area contributed by atoms with E-state index in [1.54, 1.807) is 25.0 Å². The predicted molar refractivity (Wildman–Crippen MR) is 127 cm³/mol. The highest BCUT2D eigenvalue weighted by Gasteiger charge is 2.20. The van der Waals surface area contributed by atoms with Crippen molar-refractivity contribution in [3.8, 4) is 11.5 Å². The molecule has 1 N–H and O–H groups in total. The number of fused-ring (bicyclic) bond motifs is 1. The van der Waals surface area contributed by atoms with Gasteiger partial charge in [0.1, 0.15) is 5.69 Å². The van der Waals surface area contributed by atoms with Gasteiger partial charge >= 0.3 is 0 Å². The van der Waals surface area contributed by atoms with Crippen LogP contribution in [0.1, 0.15) is 28.7 Å². The summed E-state index contributed by atoms with van der Waals surface area (Å²) in [5.41, 5.74) is 3.85. The molecule has 0 saturated carbocycles. The summed E-state index contributed by atoms with van der Waals surface area (Å²) in [6.45, 7) is 4.93. The van der Waals surface area contributed by atoms with Crippen LogP contribution in [0.25, 0.3) is 11.0 Å². The Morgan fingerprint density at radius 3 is 2.44 bits per heavy atom. The lowest BCUT2D eigenvalue weighted by atomic mass is 10.2. The number of carbonyl (C=O) groups is 1. The fourth-order valence-electron chi connectivity index (χ4n) is 3.61. The minimum absolute atomic E-state index is 0.265. The van der Waals surface area contributed by atoms with E-state index in [2.05, 4.69) is 26.3 Å². The molecule has 0 saturated heterocycles. The molecular formula is C23H24BrN5O3. The molecule has 0 aliphatic carbocycles. The molecule has 4 aromatic rings. The number of anilines is 1. The molecule has 4 rings (SSSR count). The maximum Gasteiger partial charge on any atom is 0.276 e. The highest BCUT2D eigenvalue weighted by atomic mass is 79.9. The summed E-state index contributed by atoms with van der Waals surface area (Å²) in [4.78, 5) is 17.8. The first kappa shape index (κ1) is 21.9. The Bertz CT molecular complexity index is 1280. The maximum atomic E-state index is 13.1. The molecule has 0 unspecified atom stereocenters. The van der Waals surface area contributed by atoms with Crippen LogP contribution < -0.4 is 14.8 Å². The molecule has 0 fully saturated rings. The van der Waals surface area contributed by atoms with Crippen LogP contribution >= 0.6 is 15.9 Å². The van der Waals surface area contributed by atoms with Gasteiger partial charge in [0.25, 0.3) is 5.91 Å². The maximum absolute atomic E-state index is 13.1. The van der Waals surface area contributed by atoms with Gasteiger partial charge < -0.3 is 14.0 Å². The lowest BCUT2D eigenvalue weighted by Gasteiger charge is -2.12. The number of benzene rings is 2. The van der Waals surface area contributed by atoms with Crippen LogP contribution in [0.15, 0.2) is 46.9 Å². The fraction of sp³-hybridized carbons (Fsp3) is 0.261. The lowest BCUT2D eigenvalue weighted by Crippen LogP contribution is -2.20. The van der Waals surface area contributed by atoms with Gasteiger partial charge in [0.05, 0.1) is 37.5 Å². The molecule has 1 amide bonds. The van der Waals surface area contributed by atoms with E-state index in [4.69, 9.17) is 14.5 Å². The summed E-state index contributed by atoms with van der Waals surface area (Å²) in [7, 11) is 3.18. The van der Waals surface area contributed by atoms with Gasteiger partial charge in [0.2, 0.25) is 5.95 Å². The van der Waals surface area contributed by atoms with Crippen LogP contribution in [0, 0.1) is 6.92 Å². The van der Waals surface area contributed by atoms with Gasteiger partial charge in [-0.25, -0.2) is 4.98 Å². The van der Waals surface area contributed by atoms with Gasteiger partial charge in [-0.2, -0.15) is 5.10 Å². The van der Waals surface area contributed by atoms with E-state index < -0.39 is 0 Å². The normalized spacial score (nSPS) is 11.0. The van der Waals surface area contributed by atoms with Gasteiger partial charge in [-0.05, 0) is 37.6 Å². The van der Waals surface area contributed by atoms with E-state index in [1.165, 1.54) is 0 Å². The minimum Gasteiger partial charge on any atom is -0.493 e. The summed E-state index contributed by atoms with van der Waals surface area (Å²) in [6, 6.07) is 13.5. The van der Waals surface area contributed by atoms with E-state index in [0.717, 1.165) is 21.2 Å². The standard InChI is InChI=1S/C23H24BrN5O3/c1-5-29-19(10-14(2)27-29)22(30)26-23-25-17-11-20(31-3)21(32-4)12-18(17)28(23)13-15-6-8-16(24)9-7-15/h6-12H,5,13H2,1-4H3,(H,25,26,30). The van der Waals surface area contributed by atoms with Crippen molar-refractivity contribution in [2.45, 2.75) is 26.9 Å². The first-order chi connectivity index (χ1) is 15.4. The van der Waals surface area contributed by atoms with Crippen molar-refractivity contribution in [1.29, 1.82) is 0 Å². The highest BCUT2D eigenvalue weighted by molar-refractivity contribution is 9.10. The smallest absolute Gasteiger partial charge is 0.276 e. The molecular weight excluding hydrogens is 474 g/mol. The number of halogens is 1. The van der Waals surface area contributed by atoms with Crippen molar-refractivity contribution >= 4 is 38.8 Å². The van der Waals surface area contributed by atoms with E-state index in [9.17, 15) is 4.79 Å². The van der Waals surface area contributed by atoms with Crippen molar-refractivity contribution in [1.82, 2.24) is 19.3 Å². The Balaban J connectivity index is 1.80. The van der Waals surface area contributed by atoms with Gasteiger partial charge in [0, 0.05) is 23.2 Å². The number of ether oxygens (including phenoxy) is 2. The van der Waals surface area contributed by atoms with Gasteiger partial charge in [-0.1, -0.05) is 28.1 Å². The van der Waals surface area contributed by atoms with Crippen LogP contribution in [0.3, 0.4) is 0 Å². The third-order valence-electron chi connectivity index (χ3n) is 5.17. The first-order valence-electron chi connectivity index (χ1n) is 10.2. The summed E-state index contributed by atoms with van der Waals surface area (Å²) in [5.74, 6) is 1.34. The fourth-order valence-corrected chi connectivity index (χ4v) is 3.88. The Hall–Kier alpha value is -3.33. The van der Waals surface area contributed by atoms with Crippen molar-refractivity contribution in [3.63, 3.8) is 0 Å². The molecule has 0 bridgehead atoms. The van der Waals surface area contributed by atoms with Crippen molar-refractivity contribution in [2.24, 2.45) is 0 Å². The van der Waals surface area contributed by atoms with Crippen LogP contribution in [-0.4, -0.2) is 39.5 Å². The van der Waals surface area contributed by atoms with Crippen LogP contribution in [0.2, 0.25) is 0 Å². The predicted octanol–water partition coefficient (Wildman–Crippen LogP) is 4.64. The van der Waals surface area contributed by atoms with Crippen LogP contribution in [0.4, 0.5) is 5.95 Å². The van der Waals surface area contributed by atoms with Gasteiger partial charge in [0.15, 0.2) is 11.5 Å². The molecule has 0 aliphatic heterocycles. The Labute approximate surface area is 194 Å². The number of nitrogens with zero attached hydrogens (tertiary/aromatic N) is 4. The third-order valence-corrected chi connectivity index (χ3v) is 5.70. The van der Waals surface area contributed by atoms with E-state index >= 15 is 0 Å². The Kier molecular flexibility index (Phi) is 6.18. The number of aryl methyl sites for hydroxylation is 2. The number of hydrogen-bond donors (Lipinski definition) is 1. The van der Waals surface area contributed by atoms with Gasteiger partial charge in [-0.3, -0.25) is 14.8 Å². The number of nitrogens with one attached hydrogen (secondary N) is 1. The summed E-state index contributed by atoms with van der Waals surface area (Å²) in [6.07, 6.45) is 0. The average molecular weight is 498 g/mol. The van der Waals surface area contributed by atoms with Crippen molar-refractivity contribution in [2.75, 3.05) is 19.5 Å². The van der Waals surface area contributed by atoms with Gasteiger partial charge in [-0.15, -0.1) is 0 Å². The number of hydrogen-bond acceptors (Lipinski definition) is 5. The largest absolute Gasteiger partial charge is 0.493 e. The average Bonchev–Trinajstić information content (AvgIpc) is 3.33. The van der Waals surface area contributed by atoms with Crippen molar-refractivity contribution < 1.29 is 14.3 Å². The minimum atomic E-state index is -0.265. The Morgan fingerprint density at radius 2 is 1.78 bits per heavy atom. The number of methoxy groups -OCH3 is 2. The molecule has 0 atom stereocenters. The highest BCUT2D eigenvalue weighted by Crippen LogP contribution is 2.34. The molecule has 166 valence electrons. The number of imidazole rings is 1. The first-order valence-corrected chi connectivity index (χ1v) is 10.9. The topological polar surface area (TPSA) is 83.2 Å². The van der Waals surface area contributed by atoms with Crippen LogP contribution in [-0.2, 0) is 13.1 Å². The molecule has 9 heteroatoms. The lowest BCUT2D eigenvalue weighted by molar-refractivity contribution is 0.101. The quantitative estimate of drug-likeness (QED) is 0.402. The molecule has 0 aliphatic rings. The van der Waals surface area contributed by atoms with E-state index in [1.807, 2.05) is 54.8 Å². The zero-order valence-electron chi connectivity index (χ0n) is 18.3. The molecule has 0 radical (unpaired) electrons. The number of aromatic nitrogens is 4. The third kappa shape index (κ3) is 4.20. The van der Waals surface area contributed by atoms with Crippen molar-refractivity contribution in [3.05, 3.63) is 63.9 Å². The molecule has 32 heavy (non-hydrogen) atoms. The summed E-state index contributed by atoms with van der Waals surface area (Å²) >= 11 is 3.47. The second kappa shape index (κ2) is 9.04. The Morgan fingerprint density at radius 1 is 1.09 bits per heavy atom. The second-order valence-electron chi connectivity index (χ2n) is 7.28. The molecule has 2 heterocycles. The van der Waals surface area contributed by atoms with E-state index in [-0.39, 0.29) is 5.91 Å². The number of amides is 1. The molecule has 2 aromatic carbocycles. The zero-order chi connectivity index (χ0) is 22.8. The SMILES string of the molecule is CCn1nc(C)cc1C(=O)Nc1nc2cc(OC)c(OC)cc2n1Cc1ccc(Br)cc1. The van der Waals surface area contributed by atoms with Crippen LogP contribution in [0.5, 0.6) is 11.5 Å².